The van der Waals surface area contributed by atoms with E-state index in [1.807, 2.05) is 0 Å². The number of methoxy groups -OCH3 is 4. The van der Waals surface area contributed by atoms with Crippen LogP contribution in [-0.2, 0) is 52.2 Å². The zero-order chi connectivity index (χ0) is 55.1. The molecule has 2 aromatic carbocycles. The van der Waals surface area contributed by atoms with Crippen molar-refractivity contribution in [2.45, 2.75) is 116 Å². The molecule has 6 rings (SSSR count). The number of hydrogen-bond donors (Lipinski definition) is 14. The van der Waals surface area contributed by atoms with Gasteiger partial charge in [0, 0.05) is 12.2 Å². The molecule has 0 spiro atoms. The minimum atomic E-state index is -2.78. The Kier molecular flexibility index (Phi) is 20.4. The third-order valence-electron chi connectivity index (χ3n) is 12.5. The molecule has 0 aromatic heterocycles. The van der Waals surface area contributed by atoms with Gasteiger partial charge in [-0.3, -0.25) is 0 Å². The molecule has 0 radical (unpaired) electrons. The van der Waals surface area contributed by atoms with Crippen molar-refractivity contribution in [3.05, 3.63) is 47.5 Å². The molecule has 19 atom stereocenters. The smallest absolute Gasteiger partial charge is 0.331 e. The molecular formula is C46H62O29. The lowest BCUT2D eigenvalue weighted by Gasteiger charge is -2.49. The molecule has 0 aliphatic carbocycles. The summed E-state index contributed by atoms with van der Waals surface area (Å²) in [7, 11) is 5.09. The van der Waals surface area contributed by atoms with Gasteiger partial charge in [0.25, 0.3) is 0 Å². The fourth-order valence-corrected chi connectivity index (χ4v) is 8.44. The van der Waals surface area contributed by atoms with Gasteiger partial charge in [-0.05, 0) is 47.5 Å². The molecule has 75 heavy (non-hydrogen) atoms. The molecule has 29 heteroatoms. The maximum absolute atomic E-state index is 13.4. The Morgan fingerprint density at radius 2 is 0.973 bits per heavy atom. The molecule has 0 saturated carbocycles. The van der Waals surface area contributed by atoms with Crippen molar-refractivity contribution in [1.29, 1.82) is 0 Å². The van der Waals surface area contributed by atoms with Gasteiger partial charge in [0.2, 0.25) is 17.3 Å². The molecule has 4 aliphatic heterocycles. The molecule has 0 unspecified atom stereocenters. The highest BCUT2D eigenvalue weighted by molar-refractivity contribution is 5.88. The van der Waals surface area contributed by atoms with Gasteiger partial charge in [0.05, 0.1) is 48.3 Å². The zero-order valence-corrected chi connectivity index (χ0v) is 40.4. The molecule has 4 heterocycles. The van der Waals surface area contributed by atoms with E-state index in [4.69, 9.17) is 61.6 Å². The van der Waals surface area contributed by atoms with Crippen LogP contribution in [0.3, 0.4) is 0 Å². The van der Waals surface area contributed by atoms with Crippen LogP contribution in [0, 0.1) is 0 Å². The molecule has 4 fully saturated rings. The molecule has 2 aromatic rings. The van der Waals surface area contributed by atoms with Crippen molar-refractivity contribution in [1.82, 2.24) is 0 Å². The van der Waals surface area contributed by atoms with E-state index in [0.29, 0.717) is 5.56 Å². The molecular weight excluding hydrogens is 1020 g/mol. The Morgan fingerprint density at radius 3 is 1.47 bits per heavy atom. The van der Waals surface area contributed by atoms with Gasteiger partial charge in [-0.2, -0.15) is 0 Å². The number of aromatic hydroxyl groups is 2. The first kappa shape index (κ1) is 59.1. The zero-order valence-electron chi connectivity index (χ0n) is 40.4. The second-order valence-corrected chi connectivity index (χ2v) is 17.2. The minimum Gasteiger partial charge on any atom is -0.502 e. The van der Waals surface area contributed by atoms with Gasteiger partial charge in [-0.1, -0.05) is 0 Å². The number of aliphatic hydroxyl groups excluding tert-OH is 12. The van der Waals surface area contributed by atoms with Crippen molar-refractivity contribution in [2.75, 3.05) is 61.5 Å². The Balaban J connectivity index is 1.28. The third-order valence-corrected chi connectivity index (χ3v) is 12.5. The summed E-state index contributed by atoms with van der Waals surface area (Å²) in [5.41, 5.74) is 0.530. The number of benzene rings is 2. The van der Waals surface area contributed by atoms with E-state index in [2.05, 4.69) is 0 Å². The van der Waals surface area contributed by atoms with E-state index in [-0.39, 0.29) is 40.1 Å². The number of hydrogen-bond acceptors (Lipinski definition) is 29. The van der Waals surface area contributed by atoms with Crippen LogP contribution in [0.15, 0.2) is 36.4 Å². The summed E-state index contributed by atoms with van der Waals surface area (Å²) < 4.78 is 71.7. The largest absolute Gasteiger partial charge is 0.502 e. The van der Waals surface area contributed by atoms with E-state index in [0.717, 1.165) is 12.2 Å². The van der Waals surface area contributed by atoms with Crippen LogP contribution in [0.2, 0.25) is 0 Å². The standard InChI is InChI=1S/C46H62O29/c1-63-20-9-18(10-21(64-2)30(20)53)5-7-28(51)67-16-27-33(56)36(59)41(73-44-39(62)37(60)40(26(15-49)69-44)72-43-38(61)35(58)32(55)24(13-47)68-43)45(70-27)75-46(17-50)42(34(57)25(14-48)74-46)71-29(52)8-6-19-11-22(65-3)31(54)23(12-19)66-4/h5-12,24-27,32-45,47-50,53-62H,13-17H2,1-4H3/t24-,25-,26-,27-,32-,33-,34-,35+,36+,37-,38-,39-,40-,41-,42+,43+,44+,45-,46+/m1/s1. The molecule has 4 aliphatic rings. The number of esters is 2. The van der Waals surface area contributed by atoms with Gasteiger partial charge in [0.1, 0.15) is 98.7 Å². The summed E-state index contributed by atoms with van der Waals surface area (Å²) in [4.78, 5) is 26.5. The first-order chi connectivity index (χ1) is 35.7. The van der Waals surface area contributed by atoms with E-state index in [1.54, 1.807) is 0 Å². The van der Waals surface area contributed by atoms with Crippen LogP contribution in [-0.4, -0.2) is 261 Å². The van der Waals surface area contributed by atoms with Crippen LogP contribution < -0.4 is 18.9 Å². The number of ether oxygens (including phenoxy) is 13. The van der Waals surface area contributed by atoms with Crippen molar-refractivity contribution in [3.63, 3.8) is 0 Å². The highest BCUT2D eigenvalue weighted by Gasteiger charge is 2.62. The topological polar surface area (TPSA) is 437 Å². The molecule has 4 saturated heterocycles. The predicted molar refractivity (Wildman–Crippen MR) is 242 cm³/mol. The molecule has 0 amide bonds. The van der Waals surface area contributed by atoms with Crippen molar-refractivity contribution in [2.24, 2.45) is 0 Å². The van der Waals surface area contributed by atoms with Gasteiger partial charge in [-0.15, -0.1) is 0 Å². The van der Waals surface area contributed by atoms with Gasteiger partial charge in [-0.25, -0.2) is 9.59 Å². The predicted octanol–water partition coefficient (Wildman–Crippen LogP) is -5.77. The van der Waals surface area contributed by atoms with Gasteiger partial charge in [0.15, 0.2) is 48.0 Å². The normalized spacial score (nSPS) is 36.1. The average molecular weight is 1080 g/mol. The van der Waals surface area contributed by atoms with Gasteiger partial charge >= 0.3 is 11.9 Å². The second-order valence-electron chi connectivity index (χ2n) is 17.2. The highest BCUT2D eigenvalue weighted by atomic mass is 16.8. The summed E-state index contributed by atoms with van der Waals surface area (Å²) >= 11 is 0. The summed E-state index contributed by atoms with van der Waals surface area (Å²) in [6, 6.07) is 5.38. The lowest BCUT2D eigenvalue weighted by atomic mass is 9.96. The van der Waals surface area contributed by atoms with E-state index in [1.165, 1.54) is 64.9 Å². The first-order valence-corrected chi connectivity index (χ1v) is 22.9. The lowest BCUT2D eigenvalue weighted by Crippen LogP contribution is -2.67. The molecule has 0 bridgehead atoms. The summed E-state index contributed by atoms with van der Waals surface area (Å²) in [5, 5.41) is 150. The van der Waals surface area contributed by atoms with Crippen molar-refractivity contribution >= 4 is 24.1 Å². The summed E-state index contributed by atoms with van der Waals surface area (Å²) in [6.07, 6.45) is -31.4. The number of phenolic OH excluding ortho intramolecular Hbond substituents is 2. The Bertz CT molecular complexity index is 2230. The molecule has 420 valence electrons. The minimum absolute atomic E-state index is 0.000952. The van der Waals surface area contributed by atoms with Crippen molar-refractivity contribution < 1.29 is 143 Å². The van der Waals surface area contributed by atoms with Crippen LogP contribution in [0.5, 0.6) is 34.5 Å². The van der Waals surface area contributed by atoms with Crippen LogP contribution in [0.4, 0.5) is 0 Å². The van der Waals surface area contributed by atoms with Crippen LogP contribution >= 0.6 is 0 Å². The molecule has 14 N–H and O–H groups in total. The SMILES string of the molecule is COc1cc(C=CC(=O)OC[C@H]2O[C@H](O[C@]3(CO)O[C@H](CO)[C@@H](O)[C@@H]3OC(=O)C=Cc3cc(OC)c(O)c(OC)c3)[C@H](O[C@@H]3O[C@H](CO)[C@@H](O[C@@H]4O[C@H](CO)[C@@H](O)[C@H](O)[C@H]4O)[C@H](O)[C@H]3O)[C@@H](O)[C@@H]2O)cc(OC)c1O. The number of aliphatic hydroxyl groups is 12. The number of carbonyl (C=O) groups is 2. The summed E-state index contributed by atoms with van der Waals surface area (Å²) in [5.74, 6) is -5.81. The maximum atomic E-state index is 13.4. The highest BCUT2D eigenvalue weighted by Crippen LogP contribution is 2.42. The number of rotatable bonds is 21. The number of carbonyl (C=O) groups excluding carboxylic acids is 2. The van der Waals surface area contributed by atoms with Gasteiger partial charge < -0.3 is 133 Å². The summed E-state index contributed by atoms with van der Waals surface area (Å²) in [6.45, 7) is -5.11. The Hall–Kier alpha value is -5.10. The molecule has 29 nitrogen and oxygen atoms in total. The second kappa shape index (κ2) is 25.8. The van der Waals surface area contributed by atoms with E-state index in [9.17, 15) is 81.1 Å². The van der Waals surface area contributed by atoms with E-state index >= 15 is 0 Å². The Morgan fingerprint density at radius 1 is 0.533 bits per heavy atom. The third kappa shape index (κ3) is 12.9. The fraction of sp³-hybridized carbons (Fsp3) is 0.609. The quantitative estimate of drug-likeness (QED) is 0.0409. The van der Waals surface area contributed by atoms with Crippen molar-refractivity contribution in [3.8, 4) is 34.5 Å². The first-order valence-electron chi connectivity index (χ1n) is 22.9. The maximum Gasteiger partial charge on any atom is 0.331 e. The van der Waals surface area contributed by atoms with Crippen LogP contribution in [0.25, 0.3) is 12.2 Å². The Labute approximate surface area is 425 Å². The average Bonchev–Trinajstić information content (AvgIpc) is 3.67. The lowest BCUT2D eigenvalue weighted by molar-refractivity contribution is -0.412. The number of phenols is 2. The van der Waals surface area contributed by atoms with Crippen LogP contribution in [0.1, 0.15) is 11.1 Å². The monoisotopic (exact) mass is 1080 g/mol. The fourth-order valence-electron chi connectivity index (χ4n) is 8.44. The van der Waals surface area contributed by atoms with E-state index < -0.39 is 161 Å².